The number of nitrogens with zero attached hydrogens (tertiary/aromatic N) is 1. The fourth-order valence-corrected chi connectivity index (χ4v) is 4.21. The van der Waals surface area contributed by atoms with Crippen molar-refractivity contribution in [2.75, 3.05) is 0 Å². The number of thiazole rings is 1. The second-order valence-corrected chi connectivity index (χ2v) is 8.38. The number of rotatable bonds is 4. The molecule has 4 heteroatoms. The number of aryl methyl sites for hydroxylation is 1. The number of aromatic nitrogens is 1. The second-order valence-electron chi connectivity index (χ2n) is 6.54. The van der Waals surface area contributed by atoms with Gasteiger partial charge in [0.2, 0.25) is 0 Å². The van der Waals surface area contributed by atoms with Gasteiger partial charge in [0.15, 0.2) is 0 Å². The van der Waals surface area contributed by atoms with Crippen molar-refractivity contribution in [3.05, 3.63) is 38.0 Å². The summed E-state index contributed by atoms with van der Waals surface area (Å²) in [5.41, 5.74) is 2.64. The predicted molar refractivity (Wildman–Crippen MR) is 90.0 cm³/mol. The van der Waals surface area contributed by atoms with Gasteiger partial charge >= 0.3 is 0 Å². The van der Waals surface area contributed by atoms with E-state index in [1.165, 1.54) is 21.1 Å². The van der Waals surface area contributed by atoms with E-state index in [1.54, 1.807) is 11.3 Å². The first kappa shape index (κ1) is 15.7. The van der Waals surface area contributed by atoms with Crippen molar-refractivity contribution in [1.29, 1.82) is 0 Å². The molecule has 0 spiro atoms. The fourth-order valence-electron chi connectivity index (χ4n) is 2.04. The van der Waals surface area contributed by atoms with Gasteiger partial charge in [-0.25, -0.2) is 4.98 Å². The van der Waals surface area contributed by atoms with Gasteiger partial charge in [-0.05, 0) is 37.8 Å². The molecule has 0 aliphatic carbocycles. The molecule has 2 aromatic heterocycles. The summed E-state index contributed by atoms with van der Waals surface area (Å²) in [7, 11) is 0. The maximum absolute atomic E-state index is 4.89. The molecule has 0 fully saturated rings. The van der Waals surface area contributed by atoms with E-state index >= 15 is 0 Å². The van der Waals surface area contributed by atoms with Gasteiger partial charge in [0.25, 0.3) is 0 Å². The topological polar surface area (TPSA) is 24.9 Å². The highest BCUT2D eigenvalue weighted by molar-refractivity contribution is 7.11. The molecular weight excluding hydrogens is 284 g/mol. The Morgan fingerprint density at radius 2 is 1.90 bits per heavy atom. The lowest BCUT2D eigenvalue weighted by Gasteiger charge is -2.20. The highest BCUT2D eigenvalue weighted by Crippen LogP contribution is 2.33. The van der Waals surface area contributed by atoms with Crippen LogP contribution in [0.3, 0.4) is 0 Å². The first-order valence-corrected chi connectivity index (χ1v) is 8.81. The molecule has 0 bridgehead atoms. The van der Waals surface area contributed by atoms with E-state index in [4.69, 9.17) is 4.98 Å². The average molecular weight is 309 g/mol. The third-order valence-electron chi connectivity index (χ3n) is 3.20. The van der Waals surface area contributed by atoms with Crippen molar-refractivity contribution in [3.8, 4) is 0 Å². The van der Waals surface area contributed by atoms with E-state index in [2.05, 4.69) is 63.7 Å². The van der Waals surface area contributed by atoms with Gasteiger partial charge in [-0.15, -0.1) is 22.7 Å². The van der Waals surface area contributed by atoms with E-state index in [0.29, 0.717) is 6.04 Å². The van der Waals surface area contributed by atoms with Crippen molar-refractivity contribution >= 4 is 22.7 Å². The Labute approximate surface area is 130 Å². The van der Waals surface area contributed by atoms with Crippen molar-refractivity contribution < 1.29 is 0 Å². The fraction of sp³-hybridized carbons (Fsp3) is 0.562. The highest BCUT2D eigenvalue weighted by atomic mass is 32.1. The van der Waals surface area contributed by atoms with Crippen molar-refractivity contribution in [3.63, 3.8) is 0 Å². The maximum atomic E-state index is 4.89. The van der Waals surface area contributed by atoms with E-state index in [0.717, 1.165) is 0 Å². The van der Waals surface area contributed by atoms with E-state index < -0.39 is 0 Å². The molecule has 1 unspecified atom stereocenters. The summed E-state index contributed by atoms with van der Waals surface area (Å²) >= 11 is 3.58. The minimum Gasteiger partial charge on any atom is -0.301 e. The van der Waals surface area contributed by atoms with Gasteiger partial charge in [-0.3, -0.25) is 0 Å². The summed E-state index contributed by atoms with van der Waals surface area (Å²) in [6, 6.07) is 2.84. The Hall–Kier alpha value is -0.710. The highest BCUT2D eigenvalue weighted by Gasteiger charge is 2.24. The number of hydrogen-bond acceptors (Lipinski definition) is 4. The molecule has 1 N–H and O–H groups in total. The molecule has 0 saturated carbocycles. The number of hydrogen-bond donors (Lipinski definition) is 1. The van der Waals surface area contributed by atoms with E-state index in [1.807, 2.05) is 11.3 Å². The summed E-state index contributed by atoms with van der Waals surface area (Å²) < 4.78 is 0. The van der Waals surface area contributed by atoms with Crippen LogP contribution < -0.4 is 5.32 Å². The van der Waals surface area contributed by atoms with Crippen LogP contribution in [0.5, 0.6) is 0 Å². The SMILES string of the molecule is Cc1ccsc1C(NC(C)C)c1nc(C(C)(C)C)cs1. The molecule has 0 aliphatic rings. The van der Waals surface area contributed by atoms with Crippen LogP contribution in [-0.4, -0.2) is 11.0 Å². The lowest BCUT2D eigenvalue weighted by molar-refractivity contribution is 0.523. The van der Waals surface area contributed by atoms with E-state index in [-0.39, 0.29) is 11.5 Å². The summed E-state index contributed by atoms with van der Waals surface area (Å²) in [6.45, 7) is 13.2. The molecule has 0 radical (unpaired) electrons. The van der Waals surface area contributed by atoms with Crippen LogP contribution in [-0.2, 0) is 5.41 Å². The molecule has 0 saturated heterocycles. The van der Waals surface area contributed by atoms with Crippen molar-refractivity contribution in [2.45, 2.75) is 59.0 Å². The summed E-state index contributed by atoms with van der Waals surface area (Å²) in [6.07, 6.45) is 0. The summed E-state index contributed by atoms with van der Waals surface area (Å²) in [5, 5.41) is 9.20. The van der Waals surface area contributed by atoms with Gasteiger partial charge in [0.1, 0.15) is 5.01 Å². The molecule has 2 heterocycles. The largest absolute Gasteiger partial charge is 0.301 e. The van der Waals surface area contributed by atoms with Gasteiger partial charge in [0.05, 0.1) is 11.7 Å². The lowest BCUT2D eigenvalue weighted by Crippen LogP contribution is -2.29. The Morgan fingerprint density at radius 1 is 1.20 bits per heavy atom. The van der Waals surface area contributed by atoms with Crippen molar-refractivity contribution in [1.82, 2.24) is 10.3 Å². The Kier molecular flexibility index (Phi) is 4.67. The number of nitrogens with one attached hydrogen (secondary N) is 1. The Bertz CT molecular complexity index is 561. The molecule has 0 aliphatic heterocycles. The van der Waals surface area contributed by atoms with Crippen molar-refractivity contribution in [2.24, 2.45) is 0 Å². The summed E-state index contributed by atoms with van der Waals surface area (Å²) in [5.74, 6) is 0. The molecule has 20 heavy (non-hydrogen) atoms. The van der Waals surface area contributed by atoms with Crippen LogP contribution in [0, 0.1) is 6.92 Å². The first-order valence-electron chi connectivity index (χ1n) is 7.05. The average Bonchev–Trinajstić information content (AvgIpc) is 2.93. The molecule has 1 atom stereocenters. The third-order valence-corrected chi connectivity index (χ3v) is 5.19. The van der Waals surface area contributed by atoms with Gasteiger partial charge in [-0.2, -0.15) is 0 Å². The standard InChI is InChI=1S/C16H24N2S2/c1-10(2)17-13(14-11(3)7-8-19-14)15-18-12(9-20-15)16(4,5)6/h7-10,13,17H,1-6H3. The van der Waals surface area contributed by atoms with Gasteiger partial charge in [-0.1, -0.05) is 20.8 Å². The van der Waals surface area contributed by atoms with Crippen LogP contribution in [0.4, 0.5) is 0 Å². The normalized spacial score (nSPS) is 13.9. The molecule has 110 valence electrons. The zero-order valence-electron chi connectivity index (χ0n) is 13.2. The zero-order valence-corrected chi connectivity index (χ0v) is 14.8. The Balaban J connectivity index is 2.37. The quantitative estimate of drug-likeness (QED) is 0.869. The van der Waals surface area contributed by atoms with Crippen LogP contribution in [0.15, 0.2) is 16.8 Å². The van der Waals surface area contributed by atoms with Gasteiger partial charge in [0, 0.05) is 21.7 Å². The molecule has 2 aromatic rings. The van der Waals surface area contributed by atoms with Crippen LogP contribution in [0.25, 0.3) is 0 Å². The monoisotopic (exact) mass is 308 g/mol. The third kappa shape index (κ3) is 3.48. The van der Waals surface area contributed by atoms with Gasteiger partial charge < -0.3 is 5.32 Å². The number of thiophene rings is 1. The Morgan fingerprint density at radius 3 is 2.35 bits per heavy atom. The summed E-state index contributed by atoms with van der Waals surface area (Å²) in [4.78, 5) is 6.28. The molecule has 2 rings (SSSR count). The second kappa shape index (κ2) is 5.96. The lowest BCUT2D eigenvalue weighted by atomic mass is 9.93. The molecule has 0 aromatic carbocycles. The molecular formula is C16H24N2S2. The van der Waals surface area contributed by atoms with Crippen LogP contribution >= 0.6 is 22.7 Å². The smallest absolute Gasteiger partial charge is 0.115 e. The van der Waals surface area contributed by atoms with E-state index in [9.17, 15) is 0 Å². The molecule has 2 nitrogen and oxygen atoms in total. The first-order chi connectivity index (χ1) is 9.29. The molecule has 0 amide bonds. The zero-order chi connectivity index (χ0) is 14.9. The van der Waals surface area contributed by atoms with Crippen LogP contribution in [0.2, 0.25) is 0 Å². The maximum Gasteiger partial charge on any atom is 0.115 e. The predicted octanol–water partition coefficient (Wildman–Crippen LogP) is 4.90. The minimum absolute atomic E-state index is 0.113. The minimum atomic E-state index is 0.113. The van der Waals surface area contributed by atoms with Crippen LogP contribution in [0.1, 0.15) is 61.8 Å².